The first-order chi connectivity index (χ1) is 14.0. The minimum Gasteiger partial charge on any atom is -0.318 e. The van der Waals surface area contributed by atoms with Crippen LogP contribution in [0.25, 0.3) is 11.8 Å². The average Bonchev–Trinajstić information content (AvgIpc) is 2.95. The molecule has 0 saturated carbocycles. The van der Waals surface area contributed by atoms with Crippen LogP contribution in [0, 0.1) is 13.8 Å². The molecule has 1 aliphatic rings. The van der Waals surface area contributed by atoms with Gasteiger partial charge in [-0.1, -0.05) is 39.0 Å². The number of aromatic nitrogens is 1. The number of hydrogen-bond donors (Lipinski definition) is 1. The molecule has 1 fully saturated rings. The molecule has 1 aliphatic heterocycles. The average molecular weight is 422 g/mol. The number of hydrogen-bond acceptors (Lipinski definition) is 3. The lowest BCUT2D eigenvalue weighted by atomic mass is 9.87. The molecule has 2 amide bonds. The Morgan fingerprint density at radius 3 is 2.33 bits per heavy atom. The van der Waals surface area contributed by atoms with Gasteiger partial charge in [0.2, 0.25) is 0 Å². The number of amides is 2. The first kappa shape index (κ1) is 21.7. The van der Waals surface area contributed by atoms with Gasteiger partial charge in [-0.05, 0) is 66.9 Å². The summed E-state index contributed by atoms with van der Waals surface area (Å²) in [5.74, 6) is -0.896. The standard InChI is InChI=1S/C24H27N3O2S/c1-7-12-26-22(29)20(21(28)25-23(26)30)14-17-13-15(2)27(16(17)3)19-10-8-18(9-11-19)24(4,5)6/h7-11,13-14H,1,12H2,2-6H3,(H,25,28,30). The van der Waals surface area contributed by atoms with Crippen LogP contribution in [0.3, 0.4) is 0 Å². The van der Waals surface area contributed by atoms with Crippen LogP contribution in [0.2, 0.25) is 0 Å². The highest BCUT2D eigenvalue weighted by atomic mass is 32.1. The number of benzene rings is 1. The first-order valence-electron chi connectivity index (χ1n) is 9.84. The quantitative estimate of drug-likeness (QED) is 0.348. The smallest absolute Gasteiger partial charge is 0.265 e. The lowest BCUT2D eigenvalue weighted by Gasteiger charge is -2.27. The second-order valence-electron chi connectivity index (χ2n) is 8.48. The molecule has 0 radical (unpaired) electrons. The van der Waals surface area contributed by atoms with Gasteiger partial charge in [-0.3, -0.25) is 19.8 Å². The first-order valence-corrected chi connectivity index (χ1v) is 10.2. The van der Waals surface area contributed by atoms with E-state index >= 15 is 0 Å². The van der Waals surface area contributed by atoms with Gasteiger partial charge in [0.15, 0.2) is 5.11 Å². The monoisotopic (exact) mass is 421 g/mol. The fourth-order valence-electron chi connectivity index (χ4n) is 3.59. The maximum Gasteiger partial charge on any atom is 0.265 e. The molecule has 5 nitrogen and oxygen atoms in total. The molecule has 30 heavy (non-hydrogen) atoms. The molecule has 6 heteroatoms. The van der Waals surface area contributed by atoms with Crippen molar-refractivity contribution >= 4 is 35.2 Å². The van der Waals surface area contributed by atoms with Crippen molar-refractivity contribution in [2.24, 2.45) is 0 Å². The van der Waals surface area contributed by atoms with Gasteiger partial charge < -0.3 is 4.57 Å². The molecule has 0 bridgehead atoms. The van der Waals surface area contributed by atoms with Crippen LogP contribution in [-0.2, 0) is 15.0 Å². The molecule has 3 rings (SSSR count). The molecule has 2 heterocycles. The van der Waals surface area contributed by atoms with Gasteiger partial charge >= 0.3 is 0 Å². The van der Waals surface area contributed by atoms with Crippen molar-refractivity contribution in [2.75, 3.05) is 6.54 Å². The summed E-state index contributed by atoms with van der Waals surface area (Å²) in [6.45, 7) is 14.4. The molecule has 1 aromatic heterocycles. The number of thiocarbonyl (C=S) groups is 1. The Morgan fingerprint density at radius 1 is 1.13 bits per heavy atom. The van der Waals surface area contributed by atoms with Gasteiger partial charge in [-0.25, -0.2) is 0 Å². The molecular weight excluding hydrogens is 394 g/mol. The van der Waals surface area contributed by atoms with Crippen LogP contribution >= 0.6 is 12.2 Å². The predicted octanol–water partition coefficient (Wildman–Crippen LogP) is 4.20. The second-order valence-corrected chi connectivity index (χ2v) is 8.87. The molecule has 1 N–H and O–H groups in total. The fraction of sp³-hybridized carbons (Fsp3) is 0.292. The highest BCUT2D eigenvalue weighted by Crippen LogP contribution is 2.27. The lowest BCUT2D eigenvalue weighted by Crippen LogP contribution is -2.53. The van der Waals surface area contributed by atoms with Gasteiger partial charge in [0.1, 0.15) is 5.57 Å². The van der Waals surface area contributed by atoms with E-state index < -0.39 is 11.8 Å². The van der Waals surface area contributed by atoms with Crippen LogP contribution in [0.4, 0.5) is 0 Å². The number of carbonyl (C=O) groups excluding carboxylic acids is 2. The highest BCUT2D eigenvalue weighted by molar-refractivity contribution is 7.80. The van der Waals surface area contributed by atoms with E-state index in [4.69, 9.17) is 12.2 Å². The van der Waals surface area contributed by atoms with Crippen LogP contribution in [-0.4, -0.2) is 32.9 Å². The molecule has 1 aromatic carbocycles. The Labute approximate surface area is 183 Å². The molecule has 0 spiro atoms. The van der Waals surface area contributed by atoms with Crippen LogP contribution in [0.15, 0.2) is 48.6 Å². The van der Waals surface area contributed by atoms with Crippen LogP contribution in [0.5, 0.6) is 0 Å². The van der Waals surface area contributed by atoms with E-state index in [1.54, 1.807) is 12.2 Å². The lowest BCUT2D eigenvalue weighted by molar-refractivity contribution is -0.128. The van der Waals surface area contributed by atoms with E-state index in [9.17, 15) is 9.59 Å². The van der Waals surface area contributed by atoms with Crippen molar-refractivity contribution in [2.45, 2.75) is 40.0 Å². The summed E-state index contributed by atoms with van der Waals surface area (Å²) in [6.07, 6.45) is 3.21. The second kappa shape index (κ2) is 8.03. The van der Waals surface area contributed by atoms with Crippen molar-refractivity contribution in [3.63, 3.8) is 0 Å². The van der Waals surface area contributed by atoms with E-state index in [0.29, 0.717) is 0 Å². The van der Waals surface area contributed by atoms with Gasteiger partial charge in [0.25, 0.3) is 11.8 Å². The third-order valence-corrected chi connectivity index (χ3v) is 5.58. The third-order valence-electron chi connectivity index (χ3n) is 5.26. The van der Waals surface area contributed by atoms with Gasteiger partial charge in [0.05, 0.1) is 0 Å². The molecular formula is C24H27N3O2S. The third kappa shape index (κ3) is 4.00. The maximum atomic E-state index is 12.8. The predicted molar refractivity (Wildman–Crippen MR) is 125 cm³/mol. The number of nitrogens with zero attached hydrogens (tertiary/aromatic N) is 2. The van der Waals surface area contributed by atoms with Crippen molar-refractivity contribution < 1.29 is 9.59 Å². The Bertz CT molecular complexity index is 1070. The molecule has 0 unspecified atom stereocenters. The van der Waals surface area contributed by atoms with Gasteiger partial charge in [-0.2, -0.15) is 0 Å². The normalized spacial score (nSPS) is 16.2. The molecule has 0 aliphatic carbocycles. The summed E-state index contributed by atoms with van der Waals surface area (Å²) in [5.41, 5.74) is 5.24. The van der Waals surface area contributed by atoms with Crippen molar-refractivity contribution in [1.82, 2.24) is 14.8 Å². The molecule has 156 valence electrons. The number of aryl methyl sites for hydroxylation is 1. The zero-order valence-electron chi connectivity index (χ0n) is 18.1. The van der Waals surface area contributed by atoms with Crippen LogP contribution < -0.4 is 5.32 Å². The summed E-state index contributed by atoms with van der Waals surface area (Å²) in [6, 6.07) is 10.4. The van der Waals surface area contributed by atoms with Crippen molar-refractivity contribution in [3.8, 4) is 5.69 Å². The SMILES string of the molecule is C=CCN1C(=O)C(=Cc2cc(C)n(-c3ccc(C(C)(C)C)cc3)c2C)C(=O)NC1=S. The Kier molecular flexibility index (Phi) is 5.81. The van der Waals surface area contributed by atoms with E-state index in [1.807, 2.05) is 19.9 Å². The Hall–Kier alpha value is -2.99. The summed E-state index contributed by atoms with van der Waals surface area (Å²) in [5, 5.41) is 2.69. The molecule has 1 saturated heterocycles. The minimum absolute atomic E-state index is 0.0637. The highest BCUT2D eigenvalue weighted by Gasteiger charge is 2.32. The van der Waals surface area contributed by atoms with E-state index in [2.05, 4.69) is 61.5 Å². The molecule has 0 atom stereocenters. The van der Waals surface area contributed by atoms with E-state index in [-0.39, 0.29) is 22.6 Å². The fourth-order valence-corrected chi connectivity index (χ4v) is 3.84. The van der Waals surface area contributed by atoms with E-state index in [1.165, 1.54) is 10.5 Å². The van der Waals surface area contributed by atoms with Crippen LogP contribution in [0.1, 0.15) is 43.3 Å². The summed E-state index contributed by atoms with van der Waals surface area (Å²) < 4.78 is 2.12. The maximum absolute atomic E-state index is 12.8. The van der Waals surface area contributed by atoms with Crippen molar-refractivity contribution in [3.05, 3.63) is 71.1 Å². The molecule has 2 aromatic rings. The zero-order valence-corrected chi connectivity index (χ0v) is 18.9. The topological polar surface area (TPSA) is 54.3 Å². The summed E-state index contributed by atoms with van der Waals surface area (Å²) >= 11 is 5.11. The summed E-state index contributed by atoms with van der Waals surface area (Å²) in [7, 11) is 0. The summed E-state index contributed by atoms with van der Waals surface area (Å²) in [4.78, 5) is 26.6. The number of carbonyl (C=O) groups is 2. The van der Waals surface area contributed by atoms with Gasteiger partial charge in [-0.15, -0.1) is 6.58 Å². The van der Waals surface area contributed by atoms with E-state index in [0.717, 1.165) is 22.6 Å². The number of rotatable bonds is 4. The Morgan fingerprint density at radius 2 is 1.77 bits per heavy atom. The van der Waals surface area contributed by atoms with Gasteiger partial charge in [0, 0.05) is 23.6 Å². The Balaban J connectivity index is 2.01. The minimum atomic E-state index is -0.482. The number of nitrogens with one attached hydrogen (secondary N) is 1. The zero-order chi connectivity index (χ0) is 22.2. The van der Waals surface area contributed by atoms with Crippen molar-refractivity contribution in [1.29, 1.82) is 0 Å². The largest absolute Gasteiger partial charge is 0.318 e.